The highest BCUT2D eigenvalue weighted by atomic mass is 32.2. The van der Waals surface area contributed by atoms with Crippen molar-refractivity contribution in [2.24, 2.45) is 0 Å². The molecule has 15 heavy (non-hydrogen) atoms. The van der Waals surface area contributed by atoms with Crippen molar-refractivity contribution < 1.29 is 8.42 Å². The predicted octanol–water partition coefficient (Wildman–Crippen LogP) is -0.608. The molecule has 1 aromatic rings. The molecule has 2 rings (SSSR count). The van der Waals surface area contributed by atoms with Gasteiger partial charge in [0.2, 0.25) is 0 Å². The second-order valence-corrected chi connectivity index (χ2v) is 5.44. The number of aromatic amines is 1. The molecule has 7 heteroatoms. The lowest BCUT2D eigenvalue weighted by Crippen LogP contribution is -2.52. The van der Waals surface area contributed by atoms with Crippen LogP contribution in [-0.2, 0) is 10.0 Å². The average Bonchev–Trinajstić information content (AvgIpc) is 2.71. The monoisotopic (exact) mass is 230 g/mol. The molecule has 1 aliphatic rings. The molecule has 0 bridgehead atoms. The molecule has 0 radical (unpaired) electrons. The molecule has 0 amide bonds. The Morgan fingerprint density at radius 3 is 3.00 bits per heavy atom. The van der Waals surface area contributed by atoms with Gasteiger partial charge in [0.1, 0.15) is 0 Å². The Labute approximate surface area is 88.7 Å². The van der Waals surface area contributed by atoms with Crippen LogP contribution in [0, 0.1) is 0 Å². The number of hydrogen-bond acceptors (Lipinski definition) is 4. The number of nitrogens with zero attached hydrogens (tertiary/aromatic N) is 2. The first-order valence-corrected chi connectivity index (χ1v) is 6.27. The van der Waals surface area contributed by atoms with Crippen LogP contribution in [-0.4, -0.2) is 48.4 Å². The van der Waals surface area contributed by atoms with Crippen molar-refractivity contribution in [3.63, 3.8) is 0 Å². The van der Waals surface area contributed by atoms with Gasteiger partial charge in [0.25, 0.3) is 10.0 Å². The van der Waals surface area contributed by atoms with Crippen molar-refractivity contribution >= 4 is 10.0 Å². The predicted molar refractivity (Wildman–Crippen MR) is 54.8 cm³/mol. The number of imidazole rings is 1. The van der Waals surface area contributed by atoms with E-state index in [0.29, 0.717) is 19.6 Å². The highest BCUT2D eigenvalue weighted by Crippen LogP contribution is 2.16. The molecule has 2 heterocycles. The third kappa shape index (κ3) is 1.90. The summed E-state index contributed by atoms with van der Waals surface area (Å²) >= 11 is 0. The van der Waals surface area contributed by atoms with Crippen LogP contribution in [0.15, 0.2) is 17.6 Å². The largest absolute Gasteiger partial charge is 0.335 e. The van der Waals surface area contributed by atoms with E-state index in [2.05, 4.69) is 15.3 Å². The third-order valence-electron chi connectivity index (χ3n) is 2.50. The summed E-state index contributed by atoms with van der Waals surface area (Å²) < 4.78 is 25.7. The Bertz CT molecular complexity index is 414. The fraction of sp³-hybridized carbons (Fsp3) is 0.625. The number of piperazine rings is 1. The van der Waals surface area contributed by atoms with Crippen LogP contribution < -0.4 is 5.32 Å². The number of aromatic nitrogens is 2. The second kappa shape index (κ2) is 3.92. The summed E-state index contributed by atoms with van der Waals surface area (Å²) in [7, 11) is -3.39. The maximum absolute atomic E-state index is 12.1. The quantitative estimate of drug-likeness (QED) is 0.710. The highest BCUT2D eigenvalue weighted by molar-refractivity contribution is 7.89. The van der Waals surface area contributed by atoms with Gasteiger partial charge in [-0.05, 0) is 6.92 Å². The molecule has 1 fully saturated rings. The minimum Gasteiger partial charge on any atom is -0.335 e. The van der Waals surface area contributed by atoms with E-state index in [9.17, 15) is 8.42 Å². The molecule has 0 saturated carbocycles. The SMILES string of the molecule is C[C@@H]1CNCCN1S(=O)(=O)c1cnc[nH]1. The molecule has 1 saturated heterocycles. The summed E-state index contributed by atoms with van der Waals surface area (Å²) in [5, 5.41) is 3.31. The first-order valence-electron chi connectivity index (χ1n) is 4.83. The molecular formula is C8H14N4O2S. The van der Waals surface area contributed by atoms with Crippen LogP contribution in [0.5, 0.6) is 0 Å². The molecule has 0 spiro atoms. The van der Waals surface area contributed by atoms with Gasteiger partial charge in [0.15, 0.2) is 5.03 Å². The van der Waals surface area contributed by atoms with E-state index in [1.165, 1.54) is 16.8 Å². The van der Waals surface area contributed by atoms with Gasteiger partial charge in [-0.25, -0.2) is 13.4 Å². The molecule has 0 aromatic carbocycles. The van der Waals surface area contributed by atoms with Crippen molar-refractivity contribution in [3.05, 3.63) is 12.5 Å². The van der Waals surface area contributed by atoms with Crippen LogP contribution in [0.25, 0.3) is 0 Å². The van der Waals surface area contributed by atoms with E-state index in [4.69, 9.17) is 0 Å². The van der Waals surface area contributed by atoms with Crippen molar-refractivity contribution in [2.75, 3.05) is 19.6 Å². The van der Waals surface area contributed by atoms with Crippen LogP contribution >= 0.6 is 0 Å². The zero-order valence-electron chi connectivity index (χ0n) is 8.47. The van der Waals surface area contributed by atoms with E-state index in [0.717, 1.165) is 0 Å². The number of H-pyrrole nitrogens is 1. The Morgan fingerprint density at radius 1 is 1.60 bits per heavy atom. The van der Waals surface area contributed by atoms with Crippen molar-refractivity contribution in [2.45, 2.75) is 18.0 Å². The summed E-state index contributed by atoms with van der Waals surface area (Å²) in [6.07, 6.45) is 2.71. The highest BCUT2D eigenvalue weighted by Gasteiger charge is 2.31. The van der Waals surface area contributed by atoms with Gasteiger partial charge < -0.3 is 10.3 Å². The second-order valence-electron chi connectivity index (χ2n) is 3.58. The lowest BCUT2D eigenvalue weighted by Gasteiger charge is -2.32. The van der Waals surface area contributed by atoms with Gasteiger partial charge in [0.05, 0.1) is 12.5 Å². The van der Waals surface area contributed by atoms with E-state index < -0.39 is 10.0 Å². The summed E-state index contributed by atoms with van der Waals surface area (Å²) in [4.78, 5) is 6.37. The van der Waals surface area contributed by atoms with E-state index in [-0.39, 0.29) is 11.1 Å². The fourth-order valence-electron chi connectivity index (χ4n) is 1.69. The number of nitrogens with one attached hydrogen (secondary N) is 2. The normalized spacial score (nSPS) is 24.2. The first-order chi connectivity index (χ1) is 7.12. The van der Waals surface area contributed by atoms with Gasteiger partial charge >= 0.3 is 0 Å². The van der Waals surface area contributed by atoms with Crippen molar-refractivity contribution in [1.29, 1.82) is 0 Å². The maximum Gasteiger partial charge on any atom is 0.260 e. The number of hydrogen-bond donors (Lipinski definition) is 2. The van der Waals surface area contributed by atoms with E-state index in [1.54, 1.807) is 0 Å². The summed E-state index contributed by atoms with van der Waals surface area (Å²) in [6, 6.07) is -0.0213. The molecule has 1 aliphatic heterocycles. The van der Waals surface area contributed by atoms with Crippen LogP contribution in [0.3, 0.4) is 0 Å². The minimum absolute atomic E-state index is 0.0213. The van der Waals surface area contributed by atoms with Crippen molar-refractivity contribution in [3.8, 4) is 0 Å². The minimum atomic E-state index is -3.39. The molecule has 1 aromatic heterocycles. The van der Waals surface area contributed by atoms with Crippen LogP contribution in [0.1, 0.15) is 6.92 Å². The summed E-state index contributed by atoms with van der Waals surface area (Å²) in [6.45, 7) is 3.77. The Kier molecular flexibility index (Phi) is 2.76. The van der Waals surface area contributed by atoms with Gasteiger partial charge in [-0.3, -0.25) is 0 Å². The summed E-state index contributed by atoms with van der Waals surface area (Å²) in [5.74, 6) is 0. The zero-order valence-corrected chi connectivity index (χ0v) is 9.29. The molecule has 2 N–H and O–H groups in total. The van der Waals surface area contributed by atoms with Gasteiger partial charge in [-0.15, -0.1) is 0 Å². The molecule has 84 valence electrons. The lowest BCUT2D eigenvalue weighted by molar-refractivity contribution is 0.283. The number of rotatable bonds is 2. The standard InChI is InChI=1S/C8H14N4O2S/c1-7-4-9-2-3-12(7)15(13,14)8-5-10-6-11-8/h5-7,9H,2-4H2,1H3,(H,10,11)/t7-/m1/s1. The average molecular weight is 230 g/mol. The molecular weight excluding hydrogens is 216 g/mol. The topological polar surface area (TPSA) is 78.1 Å². The Balaban J connectivity index is 2.29. The van der Waals surface area contributed by atoms with E-state index in [1.807, 2.05) is 6.92 Å². The van der Waals surface area contributed by atoms with Gasteiger partial charge in [-0.1, -0.05) is 0 Å². The maximum atomic E-state index is 12.1. The smallest absolute Gasteiger partial charge is 0.260 e. The zero-order chi connectivity index (χ0) is 10.9. The fourth-order valence-corrected chi connectivity index (χ4v) is 3.22. The van der Waals surface area contributed by atoms with E-state index >= 15 is 0 Å². The Hall–Kier alpha value is -0.920. The first kappa shape index (κ1) is 10.6. The lowest BCUT2D eigenvalue weighted by atomic mass is 10.3. The van der Waals surface area contributed by atoms with Gasteiger partial charge in [-0.2, -0.15) is 4.31 Å². The third-order valence-corrected chi connectivity index (χ3v) is 4.44. The Morgan fingerprint density at radius 2 is 2.40 bits per heavy atom. The molecule has 0 unspecified atom stereocenters. The molecule has 6 nitrogen and oxygen atoms in total. The number of sulfonamides is 1. The molecule has 0 aliphatic carbocycles. The van der Waals surface area contributed by atoms with Crippen molar-refractivity contribution in [1.82, 2.24) is 19.6 Å². The molecule has 1 atom stereocenters. The van der Waals surface area contributed by atoms with Crippen LogP contribution in [0.2, 0.25) is 0 Å². The van der Waals surface area contributed by atoms with Crippen LogP contribution in [0.4, 0.5) is 0 Å². The summed E-state index contributed by atoms with van der Waals surface area (Å²) in [5.41, 5.74) is 0. The van der Waals surface area contributed by atoms with Gasteiger partial charge in [0, 0.05) is 25.7 Å².